The molecule has 0 bridgehead atoms. The molecule has 0 aromatic heterocycles. The molecule has 2 aliphatic heterocycles. The standard InChI is InChI=1S/C21H29N3O2/c25-20(23-14-12-16-7-4-5-8-17(16)15-23)19-11-6-13-24(19)21(26)22-18-9-2-1-3-10-18/h4-5,7-8,18-19H,1-3,6,9-15H2,(H,22,26)/t19-/m1/s1. The van der Waals surface area contributed by atoms with Crippen LogP contribution in [0.5, 0.6) is 0 Å². The smallest absolute Gasteiger partial charge is 0.318 e. The summed E-state index contributed by atoms with van der Waals surface area (Å²) in [5.74, 6) is 0.121. The van der Waals surface area contributed by atoms with Gasteiger partial charge in [0.1, 0.15) is 6.04 Å². The van der Waals surface area contributed by atoms with Gasteiger partial charge in [-0.2, -0.15) is 0 Å². The molecule has 5 heteroatoms. The minimum atomic E-state index is -0.288. The summed E-state index contributed by atoms with van der Waals surface area (Å²) in [5, 5.41) is 3.18. The molecule has 3 amide bonds. The van der Waals surface area contributed by atoms with E-state index in [0.717, 1.165) is 38.6 Å². The zero-order valence-corrected chi connectivity index (χ0v) is 15.5. The highest BCUT2D eigenvalue weighted by molar-refractivity contribution is 5.88. The van der Waals surface area contributed by atoms with Crippen molar-refractivity contribution >= 4 is 11.9 Å². The molecular weight excluding hydrogens is 326 g/mol. The predicted molar refractivity (Wildman–Crippen MR) is 101 cm³/mol. The minimum absolute atomic E-state index is 0.0369. The van der Waals surface area contributed by atoms with Gasteiger partial charge in [0.15, 0.2) is 0 Å². The Labute approximate surface area is 155 Å². The number of amides is 3. The lowest BCUT2D eigenvalue weighted by atomic mass is 9.96. The van der Waals surface area contributed by atoms with Gasteiger partial charge in [0, 0.05) is 25.7 Å². The Bertz CT molecular complexity index is 669. The van der Waals surface area contributed by atoms with E-state index < -0.39 is 0 Å². The van der Waals surface area contributed by atoms with Crippen LogP contribution in [0.25, 0.3) is 0 Å². The van der Waals surface area contributed by atoms with Gasteiger partial charge in [-0.05, 0) is 43.2 Å². The third kappa shape index (κ3) is 3.57. The van der Waals surface area contributed by atoms with Crippen molar-refractivity contribution in [2.24, 2.45) is 0 Å². The average molecular weight is 355 g/mol. The Balaban J connectivity index is 1.39. The van der Waals surface area contributed by atoms with E-state index in [1.807, 2.05) is 11.0 Å². The van der Waals surface area contributed by atoms with E-state index in [-0.39, 0.29) is 24.0 Å². The van der Waals surface area contributed by atoms with Crippen LogP contribution >= 0.6 is 0 Å². The summed E-state index contributed by atoms with van der Waals surface area (Å²) in [7, 11) is 0. The van der Waals surface area contributed by atoms with E-state index in [1.165, 1.54) is 30.4 Å². The number of nitrogens with zero attached hydrogens (tertiary/aromatic N) is 2. The van der Waals surface area contributed by atoms with E-state index in [4.69, 9.17) is 0 Å². The predicted octanol–water partition coefficient (Wildman–Crippen LogP) is 3.08. The van der Waals surface area contributed by atoms with Gasteiger partial charge < -0.3 is 15.1 Å². The van der Waals surface area contributed by atoms with Crippen molar-refractivity contribution in [3.63, 3.8) is 0 Å². The Hall–Kier alpha value is -2.04. The van der Waals surface area contributed by atoms with E-state index in [9.17, 15) is 9.59 Å². The number of nitrogens with one attached hydrogen (secondary N) is 1. The van der Waals surface area contributed by atoms with Crippen molar-refractivity contribution in [3.05, 3.63) is 35.4 Å². The molecule has 0 unspecified atom stereocenters. The summed E-state index contributed by atoms with van der Waals surface area (Å²) < 4.78 is 0. The minimum Gasteiger partial charge on any atom is -0.336 e. The molecule has 1 saturated heterocycles. The van der Waals surface area contributed by atoms with Gasteiger partial charge in [-0.1, -0.05) is 43.5 Å². The lowest BCUT2D eigenvalue weighted by Crippen LogP contribution is -2.53. The van der Waals surface area contributed by atoms with Crippen molar-refractivity contribution in [1.29, 1.82) is 0 Å². The summed E-state index contributed by atoms with van der Waals surface area (Å²) in [6.45, 7) is 2.12. The Morgan fingerprint density at radius 1 is 0.923 bits per heavy atom. The fourth-order valence-electron chi connectivity index (χ4n) is 4.67. The van der Waals surface area contributed by atoms with Gasteiger partial charge >= 0.3 is 6.03 Å². The molecule has 1 atom stereocenters. The van der Waals surface area contributed by atoms with Crippen LogP contribution in [0.2, 0.25) is 0 Å². The number of hydrogen-bond donors (Lipinski definition) is 1. The normalized spacial score (nSPS) is 23.6. The third-order valence-corrected chi connectivity index (χ3v) is 6.17. The number of hydrogen-bond acceptors (Lipinski definition) is 2. The zero-order chi connectivity index (χ0) is 17.9. The Kier molecular flexibility index (Phi) is 5.14. The van der Waals surface area contributed by atoms with Gasteiger partial charge in [-0.3, -0.25) is 4.79 Å². The summed E-state index contributed by atoms with van der Waals surface area (Å²) in [5.41, 5.74) is 2.58. The lowest BCUT2D eigenvalue weighted by molar-refractivity contribution is -0.136. The van der Waals surface area contributed by atoms with Gasteiger partial charge in [0.25, 0.3) is 0 Å². The molecule has 26 heavy (non-hydrogen) atoms. The summed E-state index contributed by atoms with van der Waals surface area (Å²) in [6, 6.07) is 8.31. The first-order valence-electron chi connectivity index (χ1n) is 10.1. The van der Waals surface area contributed by atoms with Crippen molar-refractivity contribution in [3.8, 4) is 0 Å². The van der Waals surface area contributed by atoms with Crippen LogP contribution in [-0.4, -0.2) is 46.9 Å². The van der Waals surface area contributed by atoms with Crippen LogP contribution in [-0.2, 0) is 17.8 Å². The van der Waals surface area contributed by atoms with Crippen LogP contribution in [0, 0.1) is 0 Å². The first-order chi connectivity index (χ1) is 12.7. The van der Waals surface area contributed by atoms with Crippen molar-refractivity contribution in [2.75, 3.05) is 13.1 Å². The molecule has 2 fully saturated rings. The van der Waals surface area contributed by atoms with Crippen LogP contribution in [0.1, 0.15) is 56.1 Å². The lowest BCUT2D eigenvalue weighted by Gasteiger charge is -2.34. The molecule has 1 aliphatic carbocycles. The van der Waals surface area contributed by atoms with Gasteiger partial charge in [-0.25, -0.2) is 4.79 Å². The molecule has 5 nitrogen and oxygen atoms in total. The van der Waals surface area contributed by atoms with Crippen LogP contribution in [0.4, 0.5) is 4.79 Å². The van der Waals surface area contributed by atoms with E-state index in [0.29, 0.717) is 13.1 Å². The second-order valence-corrected chi connectivity index (χ2v) is 7.91. The van der Waals surface area contributed by atoms with Crippen LogP contribution in [0.15, 0.2) is 24.3 Å². The molecule has 140 valence electrons. The highest BCUT2D eigenvalue weighted by Gasteiger charge is 2.37. The summed E-state index contributed by atoms with van der Waals surface area (Å²) in [4.78, 5) is 29.6. The number of rotatable bonds is 2. The maximum absolute atomic E-state index is 13.1. The highest BCUT2D eigenvalue weighted by Crippen LogP contribution is 2.25. The summed E-state index contributed by atoms with van der Waals surface area (Å²) >= 11 is 0. The number of carbonyl (C=O) groups excluding carboxylic acids is 2. The Morgan fingerprint density at radius 3 is 2.50 bits per heavy atom. The SMILES string of the molecule is O=C([C@H]1CCCN1C(=O)NC1CCCCC1)N1CCc2ccccc2C1. The van der Waals surface area contributed by atoms with Gasteiger partial charge in [0.2, 0.25) is 5.91 Å². The highest BCUT2D eigenvalue weighted by atomic mass is 16.2. The fourth-order valence-corrected chi connectivity index (χ4v) is 4.67. The topological polar surface area (TPSA) is 52.7 Å². The molecule has 1 aromatic rings. The van der Waals surface area contributed by atoms with Gasteiger partial charge in [0.05, 0.1) is 0 Å². The monoisotopic (exact) mass is 355 g/mol. The molecule has 3 aliphatic rings. The first-order valence-corrected chi connectivity index (χ1v) is 10.1. The molecule has 2 heterocycles. The fraction of sp³-hybridized carbons (Fsp3) is 0.619. The second-order valence-electron chi connectivity index (χ2n) is 7.91. The second kappa shape index (κ2) is 7.68. The van der Waals surface area contributed by atoms with E-state index in [2.05, 4.69) is 23.5 Å². The molecular formula is C21H29N3O2. The van der Waals surface area contributed by atoms with Crippen molar-refractivity contribution in [2.45, 2.75) is 70.0 Å². The number of benzene rings is 1. The molecule has 1 N–H and O–H groups in total. The summed E-state index contributed by atoms with van der Waals surface area (Å²) in [6.07, 6.45) is 8.41. The van der Waals surface area contributed by atoms with E-state index >= 15 is 0 Å². The maximum atomic E-state index is 13.1. The maximum Gasteiger partial charge on any atom is 0.318 e. The molecule has 0 spiro atoms. The van der Waals surface area contributed by atoms with Crippen LogP contribution < -0.4 is 5.32 Å². The molecule has 0 radical (unpaired) electrons. The molecule has 4 rings (SSSR count). The van der Waals surface area contributed by atoms with Crippen LogP contribution in [0.3, 0.4) is 0 Å². The third-order valence-electron chi connectivity index (χ3n) is 6.17. The molecule has 1 aromatic carbocycles. The largest absolute Gasteiger partial charge is 0.336 e. The first kappa shape index (κ1) is 17.4. The molecule has 1 saturated carbocycles. The zero-order valence-electron chi connectivity index (χ0n) is 15.5. The number of urea groups is 1. The number of likely N-dealkylation sites (tertiary alicyclic amines) is 1. The van der Waals surface area contributed by atoms with Gasteiger partial charge in [-0.15, -0.1) is 0 Å². The Morgan fingerprint density at radius 2 is 1.69 bits per heavy atom. The number of carbonyl (C=O) groups is 2. The van der Waals surface area contributed by atoms with Crippen molar-refractivity contribution in [1.82, 2.24) is 15.1 Å². The average Bonchev–Trinajstić information content (AvgIpc) is 3.18. The van der Waals surface area contributed by atoms with Crippen molar-refractivity contribution < 1.29 is 9.59 Å². The number of fused-ring (bicyclic) bond motifs is 1. The van der Waals surface area contributed by atoms with E-state index in [1.54, 1.807) is 4.90 Å². The quantitative estimate of drug-likeness (QED) is 0.886.